The normalized spacial score (nSPS) is 24.9. The maximum Gasteiger partial charge on any atom is 0.255 e. The van der Waals surface area contributed by atoms with Gasteiger partial charge in [-0.15, -0.1) is 0 Å². The van der Waals surface area contributed by atoms with Gasteiger partial charge in [-0.1, -0.05) is 30.3 Å². The minimum Gasteiger partial charge on any atom is -0.379 e. The van der Waals surface area contributed by atoms with Crippen LogP contribution in [0, 0.1) is 0 Å². The van der Waals surface area contributed by atoms with Gasteiger partial charge in [-0.3, -0.25) is 19.5 Å². The molecule has 0 N–H and O–H groups in total. The van der Waals surface area contributed by atoms with Crippen molar-refractivity contribution >= 4 is 11.8 Å². The number of amides is 2. The number of carbonyl (C=O) groups is 2. The quantitative estimate of drug-likeness (QED) is 0.738. The van der Waals surface area contributed by atoms with Gasteiger partial charge < -0.3 is 14.5 Å². The van der Waals surface area contributed by atoms with E-state index in [4.69, 9.17) is 4.74 Å². The molecule has 3 aliphatic rings. The summed E-state index contributed by atoms with van der Waals surface area (Å²) >= 11 is 0. The molecule has 7 heteroatoms. The number of hydrogen-bond acceptors (Lipinski definition) is 5. The smallest absolute Gasteiger partial charge is 0.255 e. The van der Waals surface area contributed by atoms with Crippen LogP contribution >= 0.6 is 0 Å². The molecule has 7 nitrogen and oxygen atoms in total. The molecule has 1 aromatic carbocycles. The molecule has 3 saturated heterocycles. The van der Waals surface area contributed by atoms with E-state index < -0.39 is 0 Å². The Morgan fingerprint density at radius 2 is 1.94 bits per heavy atom. The van der Waals surface area contributed by atoms with Crippen molar-refractivity contribution < 1.29 is 14.3 Å². The highest BCUT2D eigenvalue weighted by Gasteiger charge is 2.50. The van der Waals surface area contributed by atoms with Gasteiger partial charge in [0, 0.05) is 51.2 Å². The highest BCUT2D eigenvalue weighted by Crippen LogP contribution is 2.35. The molecule has 1 spiro atoms. The fourth-order valence-corrected chi connectivity index (χ4v) is 5.41. The van der Waals surface area contributed by atoms with E-state index in [1.807, 2.05) is 34.1 Å². The predicted octanol–water partition coefficient (Wildman–Crippen LogP) is 2.19. The molecular formula is C25H30N4O3. The molecular weight excluding hydrogens is 404 g/mol. The van der Waals surface area contributed by atoms with Gasteiger partial charge in [0.05, 0.1) is 24.3 Å². The Balaban J connectivity index is 1.27. The molecule has 2 amide bonds. The van der Waals surface area contributed by atoms with Crippen LogP contribution in [-0.4, -0.2) is 82.5 Å². The van der Waals surface area contributed by atoms with Gasteiger partial charge in [-0.05, 0) is 37.0 Å². The van der Waals surface area contributed by atoms with Crippen LogP contribution in [0.25, 0.3) is 0 Å². The summed E-state index contributed by atoms with van der Waals surface area (Å²) in [6.07, 6.45) is 6.00. The highest BCUT2D eigenvalue weighted by atomic mass is 16.5. The first-order valence-electron chi connectivity index (χ1n) is 11.5. The second-order valence-corrected chi connectivity index (χ2v) is 9.16. The summed E-state index contributed by atoms with van der Waals surface area (Å²) in [6.45, 7) is 4.59. The molecule has 4 heterocycles. The van der Waals surface area contributed by atoms with Crippen molar-refractivity contribution in [1.82, 2.24) is 19.7 Å². The first-order chi connectivity index (χ1) is 15.6. The zero-order valence-electron chi connectivity index (χ0n) is 18.4. The Bertz CT molecular complexity index is 938. The predicted molar refractivity (Wildman–Crippen MR) is 120 cm³/mol. The van der Waals surface area contributed by atoms with E-state index in [0.717, 1.165) is 31.4 Å². The van der Waals surface area contributed by atoms with Crippen molar-refractivity contribution in [3.05, 3.63) is 66.0 Å². The number of piperazine rings is 1. The number of benzene rings is 1. The average Bonchev–Trinajstić information content (AvgIpc) is 3.31. The topological polar surface area (TPSA) is 66.0 Å². The molecule has 3 aliphatic heterocycles. The Hall–Kier alpha value is -2.77. The summed E-state index contributed by atoms with van der Waals surface area (Å²) in [6, 6.07) is 14.1. The summed E-state index contributed by atoms with van der Waals surface area (Å²) in [5, 5.41) is 0. The number of piperidine rings is 1. The van der Waals surface area contributed by atoms with Gasteiger partial charge >= 0.3 is 0 Å². The van der Waals surface area contributed by atoms with Gasteiger partial charge in [-0.25, -0.2) is 0 Å². The van der Waals surface area contributed by atoms with Crippen molar-refractivity contribution in [1.29, 1.82) is 0 Å². The second-order valence-electron chi connectivity index (χ2n) is 9.16. The average molecular weight is 435 g/mol. The second kappa shape index (κ2) is 9.00. The third-order valence-corrected chi connectivity index (χ3v) is 7.15. The Morgan fingerprint density at radius 1 is 1.12 bits per heavy atom. The van der Waals surface area contributed by atoms with Crippen molar-refractivity contribution in [3.8, 4) is 0 Å². The van der Waals surface area contributed by atoms with Gasteiger partial charge in [0.15, 0.2) is 0 Å². The van der Waals surface area contributed by atoms with Crippen LogP contribution in [0.15, 0.2) is 54.9 Å². The molecule has 0 saturated carbocycles. The minimum absolute atomic E-state index is 0.0409. The van der Waals surface area contributed by atoms with Crippen molar-refractivity contribution in [2.45, 2.75) is 37.4 Å². The molecule has 168 valence electrons. The highest BCUT2D eigenvalue weighted by molar-refractivity contribution is 5.93. The van der Waals surface area contributed by atoms with Crippen LogP contribution in [0.5, 0.6) is 0 Å². The Labute approximate surface area is 189 Å². The number of rotatable bonds is 4. The lowest BCUT2D eigenvalue weighted by Gasteiger charge is -2.52. The zero-order chi connectivity index (χ0) is 22.0. The van der Waals surface area contributed by atoms with E-state index in [0.29, 0.717) is 44.9 Å². The molecule has 0 aliphatic carbocycles. The van der Waals surface area contributed by atoms with Gasteiger partial charge in [0.25, 0.3) is 5.91 Å². The zero-order valence-corrected chi connectivity index (χ0v) is 18.4. The lowest BCUT2D eigenvalue weighted by Crippen LogP contribution is -2.68. The van der Waals surface area contributed by atoms with Crippen molar-refractivity contribution in [2.24, 2.45) is 0 Å². The van der Waals surface area contributed by atoms with E-state index in [2.05, 4.69) is 22.0 Å². The largest absolute Gasteiger partial charge is 0.379 e. The van der Waals surface area contributed by atoms with Gasteiger partial charge in [-0.2, -0.15) is 0 Å². The summed E-state index contributed by atoms with van der Waals surface area (Å²) in [5.74, 6) is 0.222. The molecule has 3 fully saturated rings. The fourth-order valence-electron chi connectivity index (χ4n) is 5.41. The maximum absolute atomic E-state index is 13.1. The number of likely N-dealkylation sites (tertiary alicyclic amines) is 1. The first kappa shape index (κ1) is 21.1. The van der Waals surface area contributed by atoms with Crippen LogP contribution < -0.4 is 0 Å². The molecule has 2 aromatic rings. The van der Waals surface area contributed by atoms with E-state index in [-0.39, 0.29) is 23.4 Å². The maximum atomic E-state index is 13.1. The standard InChI is InChI=1S/C25H30N4O3/c30-23-17-29(22-8-12-27(13-9-22)24(31)21-7-4-11-26-15-21)25(10-14-32-19-25)18-28(23)16-20-5-2-1-3-6-20/h1-7,11,15,22H,8-10,12-14,16-19H2. The SMILES string of the molecule is O=C1CN(C2CCN(C(=O)c3cccnc3)CC2)C2(CCOC2)CN1Cc1ccccc1. The Kier molecular flexibility index (Phi) is 5.93. The van der Waals surface area contributed by atoms with Gasteiger partial charge in [0.1, 0.15) is 0 Å². The molecule has 1 unspecified atom stereocenters. The van der Waals surface area contributed by atoms with Crippen LogP contribution in [-0.2, 0) is 16.1 Å². The van der Waals surface area contributed by atoms with E-state index >= 15 is 0 Å². The van der Waals surface area contributed by atoms with E-state index in [9.17, 15) is 9.59 Å². The molecule has 1 atom stereocenters. The third kappa shape index (κ3) is 4.14. The van der Waals surface area contributed by atoms with Crippen LogP contribution in [0.2, 0.25) is 0 Å². The van der Waals surface area contributed by atoms with Crippen molar-refractivity contribution in [2.75, 3.05) is 39.4 Å². The summed E-state index contributed by atoms with van der Waals surface area (Å²) < 4.78 is 5.86. The lowest BCUT2D eigenvalue weighted by atomic mass is 9.87. The fraction of sp³-hybridized carbons (Fsp3) is 0.480. The number of ether oxygens (including phenoxy) is 1. The van der Waals surface area contributed by atoms with Crippen LogP contribution in [0.4, 0.5) is 0 Å². The Morgan fingerprint density at radius 3 is 2.62 bits per heavy atom. The summed E-state index contributed by atoms with van der Waals surface area (Å²) in [5.41, 5.74) is 1.67. The summed E-state index contributed by atoms with van der Waals surface area (Å²) in [7, 11) is 0. The number of carbonyl (C=O) groups excluding carboxylic acids is 2. The number of hydrogen-bond donors (Lipinski definition) is 0. The first-order valence-corrected chi connectivity index (χ1v) is 11.5. The number of aromatic nitrogens is 1. The molecule has 0 radical (unpaired) electrons. The monoisotopic (exact) mass is 434 g/mol. The third-order valence-electron chi connectivity index (χ3n) is 7.15. The van der Waals surface area contributed by atoms with Crippen LogP contribution in [0.1, 0.15) is 35.2 Å². The number of pyridine rings is 1. The van der Waals surface area contributed by atoms with E-state index in [1.54, 1.807) is 18.5 Å². The van der Waals surface area contributed by atoms with Crippen LogP contribution in [0.3, 0.4) is 0 Å². The van der Waals surface area contributed by atoms with E-state index in [1.165, 1.54) is 0 Å². The molecule has 0 bridgehead atoms. The molecule has 1 aromatic heterocycles. The van der Waals surface area contributed by atoms with Gasteiger partial charge in [0.2, 0.25) is 5.91 Å². The molecule has 5 rings (SSSR count). The summed E-state index contributed by atoms with van der Waals surface area (Å²) in [4.78, 5) is 36.3. The molecule has 32 heavy (non-hydrogen) atoms. The minimum atomic E-state index is -0.122. The van der Waals surface area contributed by atoms with Crippen molar-refractivity contribution in [3.63, 3.8) is 0 Å². The number of nitrogens with zero attached hydrogens (tertiary/aromatic N) is 4. The lowest BCUT2D eigenvalue weighted by molar-refractivity contribution is -0.148.